The molecule has 0 saturated carbocycles. The van der Waals surface area contributed by atoms with Gasteiger partial charge in [0, 0.05) is 0 Å². The highest BCUT2D eigenvalue weighted by atomic mass is 14.2. The molecular formula is C26H20. The van der Waals surface area contributed by atoms with Gasteiger partial charge in [-0.25, -0.2) is 0 Å². The minimum Gasteiger partial charge on any atom is -0.0911 e. The van der Waals surface area contributed by atoms with Crippen LogP contribution in [0.5, 0.6) is 0 Å². The highest BCUT2D eigenvalue weighted by Gasteiger charge is 2.17. The summed E-state index contributed by atoms with van der Waals surface area (Å²) < 4.78 is 0. The first-order valence-corrected chi connectivity index (χ1v) is 9.05. The van der Waals surface area contributed by atoms with Crippen molar-refractivity contribution in [1.29, 1.82) is 0 Å². The largest absolute Gasteiger partial charge is 0.0911 e. The zero-order chi connectivity index (χ0) is 18.0. The summed E-state index contributed by atoms with van der Waals surface area (Å²) in [4.78, 5) is 0. The molecule has 124 valence electrons. The fourth-order valence-corrected chi connectivity index (χ4v) is 4.52. The molecule has 0 bridgehead atoms. The van der Waals surface area contributed by atoms with Crippen LogP contribution >= 0.6 is 0 Å². The van der Waals surface area contributed by atoms with Crippen molar-refractivity contribution in [3.8, 4) is 0 Å². The predicted octanol–water partition coefficient (Wildman–Crippen LogP) is 5.90. The van der Waals surface area contributed by atoms with E-state index in [4.69, 9.17) is 0 Å². The van der Waals surface area contributed by atoms with Crippen LogP contribution in [0.15, 0.2) is 54.6 Å². The first-order chi connectivity index (χ1) is 12.6. The van der Waals surface area contributed by atoms with Crippen molar-refractivity contribution in [3.63, 3.8) is 0 Å². The molecular weight excluding hydrogens is 312 g/mol. The fourth-order valence-electron chi connectivity index (χ4n) is 4.52. The van der Waals surface area contributed by atoms with Gasteiger partial charge in [0.15, 0.2) is 0 Å². The molecule has 0 aliphatic rings. The lowest BCUT2D eigenvalue weighted by atomic mass is 9.85. The molecule has 5 aromatic rings. The second-order valence-electron chi connectivity index (χ2n) is 7.18. The number of fused-ring (bicyclic) bond motifs is 2. The van der Waals surface area contributed by atoms with Crippen molar-refractivity contribution < 1.29 is 0 Å². The third-order valence-electron chi connectivity index (χ3n) is 5.63. The lowest BCUT2D eigenvalue weighted by molar-refractivity contribution is 1.55. The van der Waals surface area contributed by atoms with Gasteiger partial charge in [0.2, 0.25) is 0 Å². The van der Waals surface area contributed by atoms with Gasteiger partial charge in [-0.05, 0) is 78.5 Å². The van der Waals surface area contributed by atoms with Gasteiger partial charge in [0.05, 0.1) is 0 Å². The Kier molecular flexibility index (Phi) is 3.02. The molecule has 0 heteroatoms. The van der Waals surface area contributed by atoms with E-state index in [1.807, 2.05) is 0 Å². The van der Waals surface area contributed by atoms with Gasteiger partial charge in [-0.15, -0.1) is 0 Å². The van der Waals surface area contributed by atoms with Gasteiger partial charge >= 0.3 is 0 Å². The number of hydrogen-bond donors (Lipinski definition) is 0. The van der Waals surface area contributed by atoms with Crippen molar-refractivity contribution in [3.05, 3.63) is 76.2 Å². The summed E-state index contributed by atoms with van der Waals surface area (Å²) in [6, 6.07) is 17.6. The van der Waals surface area contributed by atoms with E-state index < -0.39 is 0 Å². The summed E-state index contributed by atoms with van der Waals surface area (Å²) in [6.45, 7) is 13.0. The Bertz CT molecular complexity index is 1470. The summed E-state index contributed by atoms with van der Waals surface area (Å²) in [6.07, 6.45) is 4.33. The molecule has 0 unspecified atom stereocenters. The van der Waals surface area contributed by atoms with Crippen molar-refractivity contribution in [2.24, 2.45) is 0 Å². The highest BCUT2D eigenvalue weighted by Crippen LogP contribution is 2.40. The quantitative estimate of drug-likeness (QED) is 0.265. The monoisotopic (exact) mass is 332 g/mol. The normalized spacial score (nSPS) is 12.4. The predicted molar refractivity (Wildman–Crippen MR) is 117 cm³/mol. The molecule has 5 aromatic carbocycles. The molecule has 26 heavy (non-hydrogen) atoms. The van der Waals surface area contributed by atoms with E-state index in [1.165, 1.54) is 54.2 Å². The van der Waals surface area contributed by atoms with Gasteiger partial charge < -0.3 is 0 Å². The Balaban J connectivity index is 2.36. The van der Waals surface area contributed by atoms with Crippen molar-refractivity contribution in [1.82, 2.24) is 0 Å². The van der Waals surface area contributed by atoms with Gasteiger partial charge in [0.1, 0.15) is 0 Å². The zero-order valence-corrected chi connectivity index (χ0v) is 15.2. The van der Waals surface area contributed by atoms with Crippen LogP contribution in [-0.4, -0.2) is 0 Å². The van der Waals surface area contributed by atoms with E-state index in [9.17, 15) is 0 Å². The Morgan fingerprint density at radius 3 is 1.77 bits per heavy atom. The third-order valence-corrected chi connectivity index (χ3v) is 5.63. The molecule has 0 heterocycles. The maximum absolute atomic E-state index is 4.37. The maximum Gasteiger partial charge on any atom is -0.00142 e. The molecule has 0 radical (unpaired) electrons. The van der Waals surface area contributed by atoms with Gasteiger partial charge in [-0.3, -0.25) is 0 Å². The van der Waals surface area contributed by atoms with Crippen LogP contribution < -0.4 is 10.4 Å². The second kappa shape index (κ2) is 5.19. The molecule has 0 aliphatic carbocycles. The van der Waals surface area contributed by atoms with Crippen LogP contribution in [0, 0.1) is 6.92 Å². The zero-order valence-electron chi connectivity index (χ0n) is 15.2. The third kappa shape index (κ3) is 1.79. The molecule has 0 aliphatic heterocycles. The van der Waals surface area contributed by atoms with Crippen molar-refractivity contribution >= 4 is 62.3 Å². The van der Waals surface area contributed by atoms with Gasteiger partial charge in [-0.2, -0.15) is 0 Å². The summed E-state index contributed by atoms with van der Waals surface area (Å²) in [5.74, 6) is 0. The van der Waals surface area contributed by atoms with Crippen LogP contribution in [0.2, 0.25) is 0 Å². The lowest BCUT2D eigenvalue weighted by Gasteiger charge is -2.18. The van der Waals surface area contributed by atoms with E-state index in [1.54, 1.807) is 0 Å². The number of rotatable bonds is 1. The number of benzene rings is 5. The lowest BCUT2D eigenvalue weighted by Crippen LogP contribution is -2.08. The molecule has 5 rings (SSSR count). The minimum absolute atomic E-state index is 1.07. The Hall–Kier alpha value is -3.12. The van der Waals surface area contributed by atoms with E-state index in [0.717, 1.165) is 10.4 Å². The molecule has 0 aromatic heterocycles. The smallest absolute Gasteiger partial charge is 0.00142 e. The van der Waals surface area contributed by atoms with Gasteiger partial charge in [-0.1, -0.05) is 73.8 Å². The van der Waals surface area contributed by atoms with E-state index >= 15 is 0 Å². The van der Waals surface area contributed by atoms with Crippen LogP contribution in [0.25, 0.3) is 62.3 Å². The summed E-state index contributed by atoms with van der Waals surface area (Å²) >= 11 is 0. The number of hydrogen-bond acceptors (Lipinski definition) is 0. The molecule has 0 nitrogen and oxygen atoms in total. The summed E-state index contributed by atoms with van der Waals surface area (Å²) in [5, 5.41) is 12.5. The van der Waals surface area contributed by atoms with E-state index in [0.29, 0.717) is 0 Å². The molecule has 0 N–H and O–H groups in total. The van der Waals surface area contributed by atoms with E-state index in [2.05, 4.69) is 87.7 Å². The van der Waals surface area contributed by atoms with Crippen LogP contribution in [0.3, 0.4) is 0 Å². The van der Waals surface area contributed by atoms with E-state index in [-0.39, 0.29) is 0 Å². The average Bonchev–Trinajstić information content (AvgIpc) is 2.64. The minimum atomic E-state index is 1.07. The topological polar surface area (TPSA) is 0 Å². The van der Waals surface area contributed by atoms with Gasteiger partial charge in [0.25, 0.3) is 0 Å². The average molecular weight is 332 g/mol. The maximum atomic E-state index is 4.37. The van der Waals surface area contributed by atoms with Crippen molar-refractivity contribution in [2.75, 3.05) is 0 Å². The first kappa shape index (κ1) is 15.2. The highest BCUT2D eigenvalue weighted by molar-refractivity contribution is 6.34. The summed E-state index contributed by atoms with van der Waals surface area (Å²) in [7, 11) is 0. The number of aryl methyl sites for hydroxylation is 1. The molecule has 0 spiro atoms. The Morgan fingerprint density at radius 2 is 1.15 bits per heavy atom. The molecule has 0 saturated heterocycles. The molecule has 0 atom stereocenters. The van der Waals surface area contributed by atoms with Crippen LogP contribution in [0.1, 0.15) is 18.1 Å². The second-order valence-corrected chi connectivity index (χ2v) is 7.18. The SMILES string of the molecule is C=c1ccc2ccc(C)c3c4c(/C=C\C)ccc5ccc(=C)c(c1c23)c54. The Labute approximate surface area is 152 Å². The fraction of sp³-hybridized carbons (Fsp3) is 0.0769. The Morgan fingerprint density at radius 1 is 0.615 bits per heavy atom. The first-order valence-electron chi connectivity index (χ1n) is 9.05. The van der Waals surface area contributed by atoms with Crippen LogP contribution in [-0.2, 0) is 0 Å². The molecule has 0 amide bonds. The van der Waals surface area contributed by atoms with Crippen molar-refractivity contribution in [2.45, 2.75) is 13.8 Å². The summed E-state index contributed by atoms with van der Waals surface area (Å²) in [5.41, 5.74) is 2.57. The molecule has 0 fully saturated rings. The number of allylic oxidation sites excluding steroid dienone is 1. The van der Waals surface area contributed by atoms with Crippen LogP contribution in [0.4, 0.5) is 0 Å². The standard InChI is InChI=1S/C26H20/c1-5-6-18-13-14-20-12-8-16(3)22-21-15(2)7-10-19-11-9-17(4)23(24(19)21)25(18)26(20)22/h5-14H,2-3H2,1,4H3/b6-5-.